The summed E-state index contributed by atoms with van der Waals surface area (Å²) in [4.78, 5) is 2.53. The van der Waals surface area contributed by atoms with Crippen molar-refractivity contribution >= 4 is 91.7 Å². The van der Waals surface area contributed by atoms with Crippen molar-refractivity contribution in [2.24, 2.45) is 0 Å². The van der Waals surface area contributed by atoms with E-state index in [2.05, 4.69) is 205 Å². The summed E-state index contributed by atoms with van der Waals surface area (Å²) in [5, 5.41) is 12.5. The molecule has 2 heteroatoms. The first-order chi connectivity index (χ1) is 26.8. The number of thiophene rings is 1. The molecule has 0 atom stereocenters. The van der Waals surface area contributed by atoms with Crippen LogP contribution in [0.25, 0.3) is 85.5 Å². The summed E-state index contributed by atoms with van der Waals surface area (Å²) in [5.41, 5.74) is 8.40. The van der Waals surface area contributed by atoms with Crippen LogP contribution in [0.2, 0.25) is 0 Å². The van der Waals surface area contributed by atoms with Crippen LogP contribution in [0.4, 0.5) is 17.1 Å². The van der Waals surface area contributed by atoms with Crippen molar-refractivity contribution in [3.63, 3.8) is 0 Å². The molecule has 0 radical (unpaired) electrons. The fourth-order valence-corrected chi connectivity index (χ4v) is 9.87. The largest absolute Gasteiger partial charge is 0.308 e. The predicted octanol–water partition coefficient (Wildman–Crippen LogP) is 15.5. The molecule has 1 heterocycles. The molecule has 0 aliphatic heterocycles. The zero-order chi connectivity index (χ0) is 35.6. The van der Waals surface area contributed by atoms with Gasteiger partial charge in [-0.05, 0) is 90.3 Å². The molecule has 11 aromatic rings. The highest BCUT2D eigenvalue weighted by atomic mass is 32.1. The molecule has 0 N–H and O–H groups in total. The van der Waals surface area contributed by atoms with Crippen molar-refractivity contribution in [3.05, 3.63) is 200 Å². The van der Waals surface area contributed by atoms with E-state index in [-0.39, 0.29) is 0 Å². The number of fused-ring (bicyclic) bond motifs is 9. The van der Waals surface area contributed by atoms with E-state index < -0.39 is 0 Å². The standard InChI is InChI=1S/C52H33NS/c1-3-16-34(17-4-1)50-44-26-12-10-23-40(44)41-31-30-37(33-46(41)51(50)35-18-5-2-6-19-35)53(47-28-15-27-45-43-25-13-14-29-49(43)54-52(45)47)48-32-36-20-7-8-21-38(36)39-22-9-11-24-42(39)48/h1-33H. The van der Waals surface area contributed by atoms with Gasteiger partial charge in [0.15, 0.2) is 0 Å². The quantitative estimate of drug-likeness (QED) is 0.161. The van der Waals surface area contributed by atoms with E-state index in [1.807, 2.05) is 11.3 Å². The lowest BCUT2D eigenvalue weighted by Crippen LogP contribution is -2.11. The van der Waals surface area contributed by atoms with Crippen LogP contribution < -0.4 is 4.90 Å². The Labute approximate surface area is 317 Å². The van der Waals surface area contributed by atoms with Gasteiger partial charge < -0.3 is 4.90 Å². The summed E-state index contributed by atoms with van der Waals surface area (Å²) in [6.07, 6.45) is 0. The first kappa shape index (κ1) is 30.8. The third-order valence-electron chi connectivity index (χ3n) is 11.0. The lowest BCUT2D eigenvalue weighted by molar-refractivity contribution is 1.33. The van der Waals surface area contributed by atoms with Crippen molar-refractivity contribution in [2.75, 3.05) is 4.90 Å². The van der Waals surface area contributed by atoms with Gasteiger partial charge in [0.2, 0.25) is 0 Å². The third kappa shape index (κ3) is 4.78. The van der Waals surface area contributed by atoms with Gasteiger partial charge in [-0.1, -0.05) is 170 Å². The van der Waals surface area contributed by atoms with Gasteiger partial charge in [0, 0.05) is 26.5 Å². The molecule has 1 nitrogen and oxygen atoms in total. The van der Waals surface area contributed by atoms with Crippen molar-refractivity contribution in [1.82, 2.24) is 0 Å². The third-order valence-corrected chi connectivity index (χ3v) is 12.2. The van der Waals surface area contributed by atoms with Gasteiger partial charge in [-0.25, -0.2) is 0 Å². The second-order valence-electron chi connectivity index (χ2n) is 14.0. The van der Waals surface area contributed by atoms with Crippen LogP contribution >= 0.6 is 11.3 Å². The summed E-state index contributed by atoms with van der Waals surface area (Å²) in [6.45, 7) is 0. The number of benzene rings is 10. The SMILES string of the molecule is c1ccc(-c2c(-c3ccccc3)c3cc(N(c4cc5ccccc5c5ccccc45)c4cccc5c4sc4ccccc45)ccc3c3ccccc23)cc1. The lowest BCUT2D eigenvalue weighted by atomic mass is 9.85. The number of nitrogens with zero attached hydrogens (tertiary/aromatic N) is 1. The van der Waals surface area contributed by atoms with Crippen LogP contribution in [0.5, 0.6) is 0 Å². The molecule has 0 spiro atoms. The van der Waals surface area contributed by atoms with Crippen LogP contribution in [-0.2, 0) is 0 Å². The molecular weight excluding hydrogens is 671 g/mol. The van der Waals surface area contributed by atoms with Gasteiger partial charge in [0.1, 0.15) is 0 Å². The van der Waals surface area contributed by atoms with Gasteiger partial charge in [0.25, 0.3) is 0 Å². The smallest absolute Gasteiger partial charge is 0.0640 e. The van der Waals surface area contributed by atoms with Crippen molar-refractivity contribution < 1.29 is 0 Å². The Hall–Kier alpha value is -6.74. The van der Waals surface area contributed by atoms with E-state index in [9.17, 15) is 0 Å². The number of rotatable bonds is 5. The molecule has 1 aromatic heterocycles. The zero-order valence-electron chi connectivity index (χ0n) is 29.4. The summed E-state index contributed by atoms with van der Waals surface area (Å²) in [5.74, 6) is 0. The molecule has 0 bridgehead atoms. The minimum Gasteiger partial charge on any atom is -0.308 e. The van der Waals surface area contributed by atoms with Gasteiger partial charge in [-0.2, -0.15) is 0 Å². The molecule has 0 amide bonds. The molecule has 0 aliphatic carbocycles. The molecule has 0 unspecified atom stereocenters. The highest BCUT2D eigenvalue weighted by Gasteiger charge is 2.23. The molecule has 54 heavy (non-hydrogen) atoms. The molecule has 0 saturated carbocycles. The molecule has 252 valence electrons. The summed E-state index contributed by atoms with van der Waals surface area (Å²) < 4.78 is 2.58. The highest BCUT2D eigenvalue weighted by Crippen LogP contribution is 2.50. The first-order valence-electron chi connectivity index (χ1n) is 18.5. The normalized spacial score (nSPS) is 11.7. The van der Waals surface area contributed by atoms with E-state index >= 15 is 0 Å². The number of anilines is 3. The Morgan fingerprint density at radius 3 is 1.59 bits per heavy atom. The van der Waals surface area contributed by atoms with Crippen LogP contribution in [0.15, 0.2) is 200 Å². The first-order valence-corrected chi connectivity index (χ1v) is 19.3. The Morgan fingerprint density at radius 1 is 0.315 bits per heavy atom. The molecule has 0 aliphatic rings. The maximum Gasteiger partial charge on any atom is 0.0640 e. The van der Waals surface area contributed by atoms with Crippen LogP contribution in [0, 0.1) is 0 Å². The average Bonchev–Trinajstić information content (AvgIpc) is 3.63. The monoisotopic (exact) mass is 703 g/mol. The Bertz CT molecular complexity index is 3210. The van der Waals surface area contributed by atoms with E-state index in [1.165, 1.54) is 96.9 Å². The van der Waals surface area contributed by atoms with Crippen molar-refractivity contribution in [2.45, 2.75) is 0 Å². The molecule has 11 rings (SSSR count). The van der Waals surface area contributed by atoms with E-state index in [0.29, 0.717) is 0 Å². The maximum atomic E-state index is 2.53. The highest BCUT2D eigenvalue weighted by molar-refractivity contribution is 7.26. The lowest BCUT2D eigenvalue weighted by Gasteiger charge is -2.29. The molecule has 10 aromatic carbocycles. The van der Waals surface area contributed by atoms with Gasteiger partial charge >= 0.3 is 0 Å². The summed E-state index contributed by atoms with van der Waals surface area (Å²) >= 11 is 1.88. The van der Waals surface area contributed by atoms with Gasteiger partial charge in [-0.3, -0.25) is 0 Å². The van der Waals surface area contributed by atoms with E-state index in [1.54, 1.807) is 0 Å². The van der Waals surface area contributed by atoms with Crippen LogP contribution in [-0.4, -0.2) is 0 Å². The van der Waals surface area contributed by atoms with Gasteiger partial charge in [-0.15, -0.1) is 11.3 Å². The zero-order valence-corrected chi connectivity index (χ0v) is 30.2. The summed E-state index contributed by atoms with van der Waals surface area (Å²) in [6, 6.07) is 73.6. The molecular formula is C52H33NS. The van der Waals surface area contributed by atoms with Gasteiger partial charge in [0.05, 0.1) is 16.1 Å². The maximum absolute atomic E-state index is 2.53. The van der Waals surface area contributed by atoms with Crippen LogP contribution in [0.3, 0.4) is 0 Å². The minimum absolute atomic E-state index is 1.12. The fraction of sp³-hybridized carbons (Fsp3) is 0. The Kier molecular flexibility index (Phi) is 7.11. The molecule has 0 saturated heterocycles. The number of hydrogen-bond acceptors (Lipinski definition) is 2. The van der Waals surface area contributed by atoms with Crippen molar-refractivity contribution in [1.29, 1.82) is 0 Å². The van der Waals surface area contributed by atoms with Crippen LogP contribution in [0.1, 0.15) is 0 Å². The second-order valence-corrected chi connectivity index (χ2v) is 15.1. The average molecular weight is 704 g/mol. The minimum atomic E-state index is 1.12. The second kappa shape index (κ2) is 12.4. The Balaban J connectivity index is 1.30. The van der Waals surface area contributed by atoms with Crippen molar-refractivity contribution in [3.8, 4) is 22.3 Å². The fourth-order valence-electron chi connectivity index (χ4n) is 8.66. The Morgan fingerprint density at radius 2 is 0.852 bits per heavy atom. The molecule has 0 fully saturated rings. The van der Waals surface area contributed by atoms with E-state index in [0.717, 1.165) is 5.69 Å². The number of hydrogen-bond donors (Lipinski definition) is 0. The topological polar surface area (TPSA) is 3.24 Å². The predicted molar refractivity (Wildman–Crippen MR) is 235 cm³/mol. The van der Waals surface area contributed by atoms with E-state index in [4.69, 9.17) is 0 Å². The summed E-state index contributed by atoms with van der Waals surface area (Å²) in [7, 11) is 0.